The van der Waals surface area contributed by atoms with Crippen molar-refractivity contribution in [2.45, 2.75) is 33.9 Å². The van der Waals surface area contributed by atoms with Gasteiger partial charge in [-0.15, -0.1) is 0 Å². The van der Waals surface area contributed by atoms with Gasteiger partial charge in [0, 0.05) is 23.5 Å². The van der Waals surface area contributed by atoms with E-state index >= 15 is 0 Å². The SMILES string of the molecule is Cc1cccc(N2CN(CCc3ccccc3)Cn3c2nc(C)c(C)c3=O)c1. The zero-order chi connectivity index (χ0) is 19.7. The van der Waals surface area contributed by atoms with E-state index in [1.165, 1.54) is 11.1 Å². The highest BCUT2D eigenvalue weighted by atomic mass is 16.1. The lowest BCUT2D eigenvalue weighted by molar-refractivity contribution is 0.200. The minimum atomic E-state index is 0.0459. The van der Waals surface area contributed by atoms with Crippen molar-refractivity contribution in [1.29, 1.82) is 0 Å². The molecule has 144 valence electrons. The highest BCUT2D eigenvalue weighted by Gasteiger charge is 2.27. The first-order chi connectivity index (χ1) is 13.5. The van der Waals surface area contributed by atoms with Crippen molar-refractivity contribution in [3.8, 4) is 0 Å². The second-order valence-electron chi connectivity index (χ2n) is 7.54. The van der Waals surface area contributed by atoms with Gasteiger partial charge in [0.25, 0.3) is 5.56 Å². The number of hydrogen-bond acceptors (Lipinski definition) is 4. The third kappa shape index (κ3) is 3.58. The molecule has 0 saturated heterocycles. The molecule has 3 aromatic rings. The predicted molar refractivity (Wildman–Crippen MR) is 113 cm³/mol. The Hall–Kier alpha value is -2.92. The molecule has 5 nitrogen and oxygen atoms in total. The van der Waals surface area contributed by atoms with Crippen molar-refractivity contribution in [2.75, 3.05) is 18.1 Å². The van der Waals surface area contributed by atoms with E-state index in [9.17, 15) is 4.79 Å². The number of aromatic nitrogens is 2. The number of fused-ring (bicyclic) bond motifs is 1. The topological polar surface area (TPSA) is 41.4 Å². The monoisotopic (exact) mass is 374 g/mol. The number of nitrogens with zero attached hydrogens (tertiary/aromatic N) is 4. The van der Waals surface area contributed by atoms with Crippen LogP contribution in [-0.2, 0) is 13.1 Å². The molecule has 0 saturated carbocycles. The highest BCUT2D eigenvalue weighted by Crippen LogP contribution is 2.28. The van der Waals surface area contributed by atoms with E-state index < -0.39 is 0 Å². The maximum atomic E-state index is 13.0. The molecule has 0 N–H and O–H groups in total. The fourth-order valence-electron chi connectivity index (χ4n) is 3.65. The number of rotatable bonds is 4. The summed E-state index contributed by atoms with van der Waals surface area (Å²) in [5.41, 5.74) is 5.12. The summed E-state index contributed by atoms with van der Waals surface area (Å²) in [6.45, 7) is 8.01. The summed E-state index contributed by atoms with van der Waals surface area (Å²) in [7, 11) is 0. The molecule has 5 heteroatoms. The Bertz CT molecular complexity index is 1040. The number of benzene rings is 2. The molecule has 0 amide bonds. The van der Waals surface area contributed by atoms with Gasteiger partial charge in [0.2, 0.25) is 5.95 Å². The number of anilines is 2. The molecule has 0 radical (unpaired) electrons. The molecule has 28 heavy (non-hydrogen) atoms. The second kappa shape index (κ2) is 7.60. The van der Waals surface area contributed by atoms with E-state index in [1.807, 2.05) is 19.9 Å². The van der Waals surface area contributed by atoms with E-state index in [1.54, 1.807) is 4.57 Å². The third-order valence-electron chi connectivity index (χ3n) is 5.41. The summed E-state index contributed by atoms with van der Waals surface area (Å²) in [6, 6.07) is 18.8. The molecule has 2 aromatic carbocycles. The van der Waals surface area contributed by atoms with Crippen LogP contribution in [0.2, 0.25) is 0 Å². The van der Waals surface area contributed by atoms with Crippen molar-refractivity contribution in [1.82, 2.24) is 14.5 Å². The van der Waals surface area contributed by atoms with Gasteiger partial charge in [0.1, 0.15) is 0 Å². The van der Waals surface area contributed by atoms with Gasteiger partial charge >= 0.3 is 0 Å². The Kier molecular flexibility index (Phi) is 5.01. The van der Waals surface area contributed by atoms with Crippen LogP contribution in [0.4, 0.5) is 11.6 Å². The molecule has 0 spiro atoms. The zero-order valence-corrected chi connectivity index (χ0v) is 16.7. The lowest BCUT2D eigenvalue weighted by atomic mass is 10.1. The first kappa shape index (κ1) is 18.4. The third-order valence-corrected chi connectivity index (χ3v) is 5.41. The van der Waals surface area contributed by atoms with Gasteiger partial charge in [-0.05, 0) is 50.5 Å². The first-order valence-corrected chi connectivity index (χ1v) is 9.71. The highest BCUT2D eigenvalue weighted by molar-refractivity contribution is 5.59. The van der Waals surface area contributed by atoms with Gasteiger partial charge in [-0.25, -0.2) is 4.98 Å². The van der Waals surface area contributed by atoms with Crippen LogP contribution in [0, 0.1) is 20.8 Å². The number of aryl methyl sites for hydroxylation is 2. The van der Waals surface area contributed by atoms with Crippen molar-refractivity contribution in [3.05, 3.63) is 87.3 Å². The molecular formula is C23H26N4O. The van der Waals surface area contributed by atoms with Gasteiger partial charge in [0.05, 0.1) is 13.3 Å². The summed E-state index contributed by atoms with van der Waals surface area (Å²) in [5, 5.41) is 0. The van der Waals surface area contributed by atoms with Crippen molar-refractivity contribution < 1.29 is 0 Å². The maximum absolute atomic E-state index is 13.0. The van der Waals surface area contributed by atoms with E-state index in [2.05, 4.69) is 65.3 Å². The molecule has 0 atom stereocenters. The molecule has 0 fully saturated rings. The summed E-state index contributed by atoms with van der Waals surface area (Å²) < 4.78 is 1.80. The van der Waals surface area contributed by atoms with Gasteiger partial charge < -0.3 is 0 Å². The van der Waals surface area contributed by atoms with Crippen LogP contribution in [0.3, 0.4) is 0 Å². The van der Waals surface area contributed by atoms with E-state index in [-0.39, 0.29) is 5.56 Å². The van der Waals surface area contributed by atoms with Crippen LogP contribution in [0.1, 0.15) is 22.4 Å². The van der Waals surface area contributed by atoms with Crippen molar-refractivity contribution in [2.24, 2.45) is 0 Å². The smallest absolute Gasteiger partial charge is 0.259 e. The first-order valence-electron chi connectivity index (χ1n) is 9.71. The molecule has 0 bridgehead atoms. The Balaban J connectivity index is 1.70. The summed E-state index contributed by atoms with van der Waals surface area (Å²) in [6.07, 6.45) is 0.949. The van der Waals surface area contributed by atoms with E-state index in [0.29, 0.717) is 13.3 Å². The number of hydrogen-bond donors (Lipinski definition) is 0. The lowest BCUT2D eigenvalue weighted by Crippen LogP contribution is -2.48. The average molecular weight is 374 g/mol. The molecule has 0 aliphatic carbocycles. The average Bonchev–Trinajstić information content (AvgIpc) is 2.71. The van der Waals surface area contributed by atoms with Gasteiger partial charge in [-0.1, -0.05) is 42.5 Å². The second-order valence-corrected chi connectivity index (χ2v) is 7.54. The summed E-state index contributed by atoms with van der Waals surface area (Å²) in [4.78, 5) is 22.2. The molecule has 1 aromatic heterocycles. The maximum Gasteiger partial charge on any atom is 0.259 e. The molecule has 4 rings (SSSR count). The molecular weight excluding hydrogens is 348 g/mol. The van der Waals surface area contributed by atoms with Crippen LogP contribution >= 0.6 is 0 Å². The largest absolute Gasteiger partial charge is 0.298 e. The Morgan fingerprint density at radius 1 is 0.964 bits per heavy atom. The quantitative estimate of drug-likeness (QED) is 0.697. The predicted octanol–water partition coefficient (Wildman–Crippen LogP) is 3.78. The van der Waals surface area contributed by atoms with Crippen LogP contribution in [0.15, 0.2) is 59.4 Å². The Labute approximate surface area is 165 Å². The van der Waals surface area contributed by atoms with Gasteiger partial charge in [0.15, 0.2) is 0 Å². The molecule has 1 aliphatic heterocycles. The van der Waals surface area contributed by atoms with E-state index in [4.69, 9.17) is 4.98 Å². The fraction of sp³-hybridized carbons (Fsp3) is 0.304. The van der Waals surface area contributed by atoms with Crippen LogP contribution in [0.5, 0.6) is 0 Å². The summed E-state index contributed by atoms with van der Waals surface area (Å²) in [5.74, 6) is 0.731. The van der Waals surface area contributed by atoms with E-state index in [0.717, 1.165) is 35.9 Å². The minimum Gasteiger partial charge on any atom is -0.298 e. The van der Waals surface area contributed by atoms with Crippen molar-refractivity contribution >= 4 is 11.6 Å². The Morgan fingerprint density at radius 2 is 1.75 bits per heavy atom. The van der Waals surface area contributed by atoms with Crippen LogP contribution < -0.4 is 10.5 Å². The fourth-order valence-corrected chi connectivity index (χ4v) is 3.65. The molecule has 0 unspecified atom stereocenters. The standard InChI is InChI=1S/C23H26N4O/c1-17-8-7-11-21(14-17)26-15-25(13-12-20-9-5-4-6-10-20)16-27-22(28)18(2)19(3)24-23(26)27/h4-11,14H,12-13,15-16H2,1-3H3. The van der Waals surface area contributed by atoms with Gasteiger partial charge in [-0.3, -0.25) is 19.2 Å². The lowest BCUT2D eigenvalue weighted by Gasteiger charge is -2.38. The van der Waals surface area contributed by atoms with Crippen LogP contribution in [0.25, 0.3) is 0 Å². The minimum absolute atomic E-state index is 0.0459. The molecule has 1 aliphatic rings. The zero-order valence-electron chi connectivity index (χ0n) is 16.7. The van der Waals surface area contributed by atoms with Crippen molar-refractivity contribution in [3.63, 3.8) is 0 Å². The van der Waals surface area contributed by atoms with Gasteiger partial charge in [-0.2, -0.15) is 0 Å². The Morgan fingerprint density at radius 3 is 2.50 bits per heavy atom. The molecule has 2 heterocycles. The normalized spacial score (nSPS) is 14.2. The summed E-state index contributed by atoms with van der Waals surface area (Å²) >= 11 is 0. The van der Waals surface area contributed by atoms with Crippen LogP contribution in [-0.4, -0.2) is 27.7 Å².